The van der Waals surface area contributed by atoms with Gasteiger partial charge in [0.1, 0.15) is 0 Å². The van der Waals surface area contributed by atoms with Crippen molar-refractivity contribution in [2.24, 2.45) is 0 Å². The molecular weight excluding hydrogens is 392 g/mol. The first-order chi connectivity index (χ1) is 14.7. The average molecular weight is 431 g/mol. The van der Waals surface area contributed by atoms with Crippen molar-refractivity contribution in [2.45, 2.75) is 65.3 Å². The zero-order valence-corrected chi connectivity index (χ0v) is 21.2. The molecule has 0 atom stereocenters. The predicted octanol–water partition coefficient (Wildman–Crippen LogP) is 7.41. The molecule has 1 aliphatic rings. The van der Waals surface area contributed by atoms with Crippen molar-refractivity contribution in [2.75, 3.05) is 13.1 Å². The monoisotopic (exact) mass is 430 g/mol. The quantitative estimate of drug-likeness (QED) is 0.383. The summed E-state index contributed by atoms with van der Waals surface area (Å²) in [5.74, 6) is 0.554. The number of hydrogen-bond donors (Lipinski definition) is 0. The van der Waals surface area contributed by atoms with E-state index in [1.165, 1.54) is 64.5 Å². The van der Waals surface area contributed by atoms with E-state index in [0.29, 0.717) is 5.92 Å². The van der Waals surface area contributed by atoms with Crippen molar-refractivity contribution < 1.29 is 0 Å². The van der Waals surface area contributed by atoms with Gasteiger partial charge in [-0.15, -0.1) is 0 Å². The second-order valence-corrected chi connectivity index (χ2v) is 15.9. The summed E-state index contributed by atoms with van der Waals surface area (Å²) in [5, 5.41) is 0. The zero-order valence-electron chi connectivity index (χ0n) is 20.2. The van der Waals surface area contributed by atoms with Crippen LogP contribution in [0.1, 0.15) is 42.1 Å². The van der Waals surface area contributed by atoms with Crippen molar-refractivity contribution in [3.8, 4) is 16.9 Å². The summed E-state index contributed by atoms with van der Waals surface area (Å²) in [5.41, 5.74) is 9.39. The van der Waals surface area contributed by atoms with Crippen molar-refractivity contribution in [3.63, 3.8) is 0 Å². The van der Waals surface area contributed by atoms with Crippen LogP contribution in [0.2, 0.25) is 25.2 Å². The summed E-state index contributed by atoms with van der Waals surface area (Å²) >= 11 is 0. The van der Waals surface area contributed by atoms with E-state index in [0.717, 1.165) is 6.54 Å². The largest absolute Gasteiger partial charge is 0.314 e. The van der Waals surface area contributed by atoms with E-state index in [2.05, 4.69) is 105 Å². The maximum atomic E-state index is 2.67. The lowest BCUT2D eigenvalue weighted by atomic mass is 10.0. The Labute approximate surface area is 189 Å². The molecule has 3 heteroatoms. The topological polar surface area (TPSA) is 8.17 Å². The number of rotatable bonds is 5. The molecule has 4 rings (SSSR count). The Balaban J connectivity index is 1.72. The molecule has 1 saturated heterocycles. The Morgan fingerprint density at radius 3 is 2.06 bits per heavy atom. The molecule has 1 aliphatic heterocycles. The molecule has 3 aromatic rings. The highest BCUT2D eigenvalue weighted by molar-refractivity contribution is 6.77. The molecular formula is C28H38N2Si. The van der Waals surface area contributed by atoms with Gasteiger partial charge < -0.3 is 4.57 Å². The second kappa shape index (κ2) is 8.80. The Bertz CT molecular complexity index is 1020. The van der Waals surface area contributed by atoms with E-state index in [4.69, 9.17) is 0 Å². The first kappa shape index (κ1) is 22.1. The Hall–Kier alpha value is -2.10. The zero-order chi connectivity index (χ0) is 22.2. The third-order valence-corrected chi connectivity index (χ3v) is 10.3. The molecule has 2 nitrogen and oxygen atoms in total. The van der Waals surface area contributed by atoms with Gasteiger partial charge in [0.15, 0.2) is 0 Å². The van der Waals surface area contributed by atoms with Crippen LogP contribution in [0.5, 0.6) is 0 Å². The van der Waals surface area contributed by atoms with Crippen LogP contribution in [0.25, 0.3) is 16.9 Å². The van der Waals surface area contributed by atoms with Gasteiger partial charge >= 0.3 is 0 Å². The maximum absolute atomic E-state index is 2.67. The number of benzene rings is 2. The average Bonchev–Trinajstić information content (AvgIpc) is 3.06. The molecule has 0 bridgehead atoms. The standard InChI is InChI=1S/C28H38N2Si/c1-21(2)24-11-13-27(14-12-24)30-23(4)26(20-29-15-17-31(5,6)18-16-29)19-28(30)25-9-7-22(3)8-10-25/h7-14,19,21H,15-18,20H2,1-6H3. The van der Waals surface area contributed by atoms with Gasteiger partial charge in [-0.2, -0.15) is 0 Å². The smallest absolute Gasteiger partial charge is 0.0534 e. The normalized spacial score (nSPS) is 16.7. The van der Waals surface area contributed by atoms with E-state index in [1.807, 2.05) is 0 Å². The highest BCUT2D eigenvalue weighted by Crippen LogP contribution is 2.32. The van der Waals surface area contributed by atoms with Gasteiger partial charge in [-0.3, -0.25) is 4.90 Å². The lowest BCUT2D eigenvalue weighted by Crippen LogP contribution is -2.42. The molecule has 1 aromatic heterocycles. The molecule has 164 valence electrons. The SMILES string of the molecule is Cc1ccc(-c2cc(CN3CC[Si](C)(C)CC3)c(C)n2-c2ccc(C(C)C)cc2)cc1. The van der Waals surface area contributed by atoms with E-state index >= 15 is 0 Å². The Morgan fingerprint density at radius 1 is 0.871 bits per heavy atom. The highest BCUT2D eigenvalue weighted by Gasteiger charge is 2.28. The molecule has 0 N–H and O–H groups in total. The van der Waals surface area contributed by atoms with Crippen molar-refractivity contribution in [3.05, 3.63) is 77.0 Å². The molecule has 0 aliphatic carbocycles. The van der Waals surface area contributed by atoms with Gasteiger partial charge in [-0.05, 0) is 79.8 Å². The summed E-state index contributed by atoms with van der Waals surface area (Å²) in [7, 11) is -0.941. The summed E-state index contributed by atoms with van der Waals surface area (Å²) in [6.45, 7) is 17.6. The molecule has 1 fully saturated rings. The molecule has 2 aromatic carbocycles. The summed E-state index contributed by atoms with van der Waals surface area (Å²) in [6.07, 6.45) is 0. The summed E-state index contributed by atoms with van der Waals surface area (Å²) in [4.78, 5) is 2.67. The van der Waals surface area contributed by atoms with Crippen LogP contribution in [-0.2, 0) is 6.54 Å². The molecule has 0 amide bonds. The minimum Gasteiger partial charge on any atom is -0.314 e. The lowest BCUT2D eigenvalue weighted by molar-refractivity contribution is 0.281. The second-order valence-electron chi connectivity index (χ2n) is 10.5. The van der Waals surface area contributed by atoms with Crippen molar-refractivity contribution in [1.82, 2.24) is 9.47 Å². The van der Waals surface area contributed by atoms with Crippen molar-refractivity contribution >= 4 is 8.07 Å². The van der Waals surface area contributed by atoms with Crippen molar-refractivity contribution in [1.29, 1.82) is 0 Å². The third kappa shape index (κ3) is 4.88. The van der Waals surface area contributed by atoms with E-state index in [1.54, 1.807) is 0 Å². The fourth-order valence-corrected chi connectivity index (χ4v) is 6.75. The molecule has 0 spiro atoms. The van der Waals surface area contributed by atoms with Gasteiger partial charge in [0.2, 0.25) is 0 Å². The number of aromatic nitrogens is 1. The number of aryl methyl sites for hydroxylation is 1. The summed E-state index contributed by atoms with van der Waals surface area (Å²) in [6, 6.07) is 23.4. The van der Waals surface area contributed by atoms with Crippen LogP contribution in [0, 0.1) is 13.8 Å². The minimum absolute atomic E-state index is 0.554. The highest BCUT2D eigenvalue weighted by atomic mass is 28.3. The molecule has 0 radical (unpaired) electrons. The molecule has 2 heterocycles. The first-order valence-electron chi connectivity index (χ1n) is 11.8. The fraction of sp³-hybridized carbons (Fsp3) is 0.429. The molecule has 0 saturated carbocycles. The van der Waals surface area contributed by atoms with Crippen LogP contribution >= 0.6 is 0 Å². The first-order valence-corrected chi connectivity index (χ1v) is 15.3. The van der Waals surface area contributed by atoms with Crippen LogP contribution in [0.15, 0.2) is 54.6 Å². The van der Waals surface area contributed by atoms with E-state index < -0.39 is 8.07 Å². The van der Waals surface area contributed by atoms with Crippen LogP contribution < -0.4 is 0 Å². The van der Waals surface area contributed by atoms with E-state index in [-0.39, 0.29) is 0 Å². The van der Waals surface area contributed by atoms with Gasteiger partial charge in [0.25, 0.3) is 0 Å². The fourth-order valence-electron chi connectivity index (χ4n) is 4.65. The molecule has 31 heavy (non-hydrogen) atoms. The lowest BCUT2D eigenvalue weighted by Gasteiger charge is -2.35. The van der Waals surface area contributed by atoms with Crippen LogP contribution in [0.3, 0.4) is 0 Å². The Kier molecular flexibility index (Phi) is 6.27. The molecule has 0 unspecified atom stereocenters. The minimum atomic E-state index is -0.941. The summed E-state index contributed by atoms with van der Waals surface area (Å²) < 4.78 is 2.47. The third-order valence-electron chi connectivity index (χ3n) is 7.12. The van der Waals surface area contributed by atoms with Gasteiger partial charge in [-0.25, -0.2) is 0 Å². The van der Waals surface area contributed by atoms with Gasteiger partial charge in [0, 0.05) is 26.0 Å². The van der Waals surface area contributed by atoms with Gasteiger partial charge in [0.05, 0.1) is 5.69 Å². The van der Waals surface area contributed by atoms with E-state index in [9.17, 15) is 0 Å². The predicted molar refractivity (Wildman–Crippen MR) is 137 cm³/mol. The van der Waals surface area contributed by atoms with Crippen LogP contribution in [0.4, 0.5) is 0 Å². The van der Waals surface area contributed by atoms with Gasteiger partial charge in [-0.1, -0.05) is 68.9 Å². The van der Waals surface area contributed by atoms with Crippen LogP contribution in [-0.4, -0.2) is 30.6 Å². The Morgan fingerprint density at radius 2 is 1.48 bits per heavy atom. The number of nitrogens with zero attached hydrogens (tertiary/aromatic N) is 2. The maximum Gasteiger partial charge on any atom is 0.0534 e. The number of hydrogen-bond acceptors (Lipinski definition) is 1.